The minimum absolute atomic E-state index is 0.146. The van der Waals surface area contributed by atoms with Gasteiger partial charge in [0.15, 0.2) is 6.61 Å². The molecule has 3 amide bonds. The number of thioether (sulfide) groups is 1. The van der Waals surface area contributed by atoms with Gasteiger partial charge < -0.3 is 20.7 Å². The molecule has 0 spiro atoms. The van der Waals surface area contributed by atoms with Gasteiger partial charge in [-0.3, -0.25) is 14.4 Å². The first kappa shape index (κ1) is 25.5. The van der Waals surface area contributed by atoms with Crippen molar-refractivity contribution in [2.75, 3.05) is 30.5 Å². The Labute approximate surface area is 197 Å². The topological polar surface area (TPSA) is 96.5 Å². The van der Waals surface area contributed by atoms with Crippen LogP contribution in [0.1, 0.15) is 19.3 Å². The number of carbonyl (C=O) groups excluding carboxylic acids is 3. The molecule has 0 aromatic heterocycles. The molecule has 9 heteroatoms. The Bertz CT molecular complexity index is 865. The van der Waals surface area contributed by atoms with Gasteiger partial charge in [-0.2, -0.15) is 11.8 Å². The summed E-state index contributed by atoms with van der Waals surface area (Å²) in [6, 6.07) is 15.2. The van der Waals surface area contributed by atoms with E-state index in [9.17, 15) is 14.4 Å². The lowest BCUT2D eigenvalue weighted by Crippen LogP contribution is -2.48. The van der Waals surface area contributed by atoms with Crippen molar-refractivity contribution in [2.24, 2.45) is 0 Å². The highest BCUT2D eigenvalue weighted by atomic mass is 35.5. The van der Waals surface area contributed by atoms with Crippen molar-refractivity contribution < 1.29 is 19.1 Å². The van der Waals surface area contributed by atoms with E-state index in [1.165, 1.54) is 0 Å². The van der Waals surface area contributed by atoms with E-state index < -0.39 is 6.04 Å². The Hall–Kier alpha value is -2.71. The Kier molecular flexibility index (Phi) is 11.5. The molecule has 32 heavy (non-hydrogen) atoms. The van der Waals surface area contributed by atoms with E-state index in [0.717, 1.165) is 5.75 Å². The third-order valence-electron chi connectivity index (χ3n) is 4.38. The highest BCUT2D eigenvalue weighted by Gasteiger charge is 2.20. The summed E-state index contributed by atoms with van der Waals surface area (Å²) in [7, 11) is 0. The number of benzene rings is 2. The van der Waals surface area contributed by atoms with Crippen LogP contribution in [-0.4, -0.2) is 48.9 Å². The van der Waals surface area contributed by atoms with Crippen LogP contribution in [0.2, 0.25) is 5.02 Å². The molecule has 2 rings (SSSR count). The van der Waals surface area contributed by atoms with Gasteiger partial charge >= 0.3 is 0 Å². The minimum Gasteiger partial charge on any atom is -0.484 e. The number of rotatable bonds is 13. The highest BCUT2D eigenvalue weighted by molar-refractivity contribution is 7.98. The van der Waals surface area contributed by atoms with Crippen molar-refractivity contribution in [3.63, 3.8) is 0 Å². The molecule has 0 saturated heterocycles. The van der Waals surface area contributed by atoms with Gasteiger partial charge in [0, 0.05) is 23.7 Å². The number of nitrogens with one attached hydrogen (secondary N) is 3. The van der Waals surface area contributed by atoms with Crippen LogP contribution in [-0.2, 0) is 14.4 Å². The molecule has 0 heterocycles. The van der Waals surface area contributed by atoms with Gasteiger partial charge in [0.05, 0.1) is 0 Å². The molecule has 2 aromatic rings. The monoisotopic (exact) mass is 477 g/mol. The Morgan fingerprint density at radius 1 is 1.03 bits per heavy atom. The number of ether oxygens (including phenoxy) is 1. The molecule has 1 atom stereocenters. The molecule has 0 aliphatic rings. The smallest absolute Gasteiger partial charge is 0.258 e. The molecule has 0 aliphatic carbocycles. The second-order valence-electron chi connectivity index (χ2n) is 6.95. The third kappa shape index (κ3) is 10.1. The lowest BCUT2D eigenvalue weighted by Gasteiger charge is -2.18. The summed E-state index contributed by atoms with van der Waals surface area (Å²) in [5, 5.41) is 8.90. The summed E-state index contributed by atoms with van der Waals surface area (Å²) in [5.41, 5.74) is 0.668. The molecule has 0 radical (unpaired) electrons. The summed E-state index contributed by atoms with van der Waals surface area (Å²) < 4.78 is 5.43. The van der Waals surface area contributed by atoms with Gasteiger partial charge in [-0.15, -0.1) is 0 Å². The lowest BCUT2D eigenvalue weighted by molar-refractivity contribution is -0.130. The first-order valence-corrected chi connectivity index (χ1v) is 12.0. The molecule has 172 valence electrons. The number of anilines is 1. The van der Waals surface area contributed by atoms with Crippen molar-refractivity contribution >= 4 is 46.8 Å². The average Bonchev–Trinajstić information content (AvgIpc) is 2.80. The number of para-hydroxylation sites is 1. The number of amides is 3. The molecular formula is C23H28ClN3O4S. The maximum absolute atomic E-state index is 12.5. The van der Waals surface area contributed by atoms with Crippen molar-refractivity contribution in [3.8, 4) is 5.75 Å². The number of hydrogen-bond acceptors (Lipinski definition) is 5. The summed E-state index contributed by atoms with van der Waals surface area (Å²) in [5.74, 6) is 0.528. The number of halogens is 1. The van der Waals surface area contributed by atoms with Gasteiger partial charge in [-0.25, -0.2) is 0 Å². The van der Waals surface area contributed by atoms with Crippen LogP contribution < -0.4 is 20.7 Å². The highest BCUT2D eigenvalue weighted by Crippen LogP contribution is 2.13. The quantitative estimate of drug-likeness (QED) is 0.384. The largest absolute Gasteiger partial charge is 0.484 e. The minimum atomic E-state index is -0.655. The van der Waals surface area contributed by atoms with Gasteiger partial charge in [0.1, 0.15) is 11.8 Å². The zero-order valence-corrected chi connectivity index (χ0v) is 19.5. The number of hydrogen-bond donors (Lipinski definition) is 3. The van der Waals surface area contributed by atoms with Gasteiger partial charge in [0.25, 0.3) is 5.91 Å². The third-order valence-corrected chi connectivity index (χ3v) is 5.28. The summed E-state index contributed by atoms with van der Waals surface area (Å²) in [6.07, 6.45) is 3.18. The fourth-order valence-corrected chi connectivity index (χ4v) is 3.34. The SMILES string of the molecule is CSCCC(NC(=O)COc1ccccc1)C(=O)NCCCC(=O)Nc1ccc(Cl)cc1. The van der Waals surface area contributed by atoms with E-state index in [4.69, 9.17) is 16.3 Å². The molecule has 0 saturated carbocycles. The Balaban J connectivity index is 1.71. The van der Waals surface area contributed by atoms with E-state index in [-0.39, 0.29) is 30.7 Å². The van der Waals surface area contributed by atoms with Crippen molar-refractivity contribution in [2.45, 2.75) is 25.3 Å². The fraction of sp³-hybridized carbons (Fsp3) is 0.348. The standard InChI is InChI=1S/C23H28ClN3O4S/c1-32-15-13-20(27-22(29)16-31-19-6-3-2-4-7-19)23(30)25-14-5-8-21(28)26-18-11-9-17(24)10-12-18/h2-4,6-7,9-12,20H,5,8,13-16H2,1H3,(H,25,30)(H,26,28)(H,27,29). The van der Waals surface area contributed by atoms with E-state index in [1.807, 2.05) is 24.5 Å². The summed E-state index contributed by atoms with van der Waals surface area (Å²) in [4.78, 5) is 36.8. The zero-order valence-electron chi connectivity index (χ0n) is 17.9. The van der Waals surface area contributed by atoms with Crippen LogP contribution in [0.4, 0.5) is 5.69 Å². The van der Waals surface area contributed by atoms with E-state index in [2.05, 4.69) is 16.0 Å². The van der Waals surface area contributed by atoms with E-state index in [0.29, 0.717) is 35.8 Å². The van der Waals surface area contributed by atoms with Crippen molar-refractivity contribution in [1.82, 2.24) is 10.6 Å². The first-order valence-electron chi connectivity index (χ1n) is 10.3. The number of carbonyl (C=O) groups is 3. The maximum Gasteiger partial charge on any atom is 0.258 e. The lowest BCUT2D eigenvalue weighted by atomic mass is 10.2. The van der Waals surface area contributed by atoms with Crippen LogP contribution >= 0.6 is 23.4 Å². The molecule has 3 N–H and O–H groups in total. The molecular weight excluding hydrogens is 450 g/mol. The second-order valence-corrected chi connectivity index (χ2v) is 8.37. The van der Waals surface area contributed by atoms with Crippen molar-refractivity contribution in [1.29, 1.82) is 0 Å². The predicted octanol–water partition coefficient (Wildman–Crippen LogP) is 3.49. The average molecular weight is 478 g/mol. The van der Waals surface area contributed by atoms with Gasteiger partial charge in [-0.05, 0) is 61.2 Å². The van der Waals surface area contributed by atoms with Gasteiger partial charge in [-0.1, -0.05) is 29.8 Å². The van der Waals surface area contributed by atoms with Crippen LogP contribution in [0.5, 0.6) is 5.75 Å². The van der Waals surface area contributed by atoms with E-state index >= 15 is 0 Å². The Morgan fingerprint density at radius 2 is 1.75 bits per heavy atom. The summed E-state index contributed by atoms with van der Waals surface area (Å²) >= 11 is 7.42. The molecule has 1 unspecified atom stereocenters. The van der Waals surface area contributed by atoms with Crippen LogP contribution in [0, 0.1) is 0 Å². The van der Waals surface area contributed by atoms with Crippen LogP contribution in [0.15, 0.2) is 54.6 Å². The summed E-state index contributed by atoms with van der Waals surface area (Å²) in [6.45, 7) is 0.164. The fourth-order valence-electron chi connectivity index (χ4n) is 2.75. The second kappa shape index (κ2) is 14.4. The molecule has 0 bridgehead atoms. The molecule has 0 fully saturated rings. The molecule has 7 nitrogen and oxygen atoms in total. The predicted molar refractivity (Wildman–Crippen MR) is 129 cm³/mol. The maximum atomic E-state index is 12.5. The van der Waals surface area contributed by atoms with Gasteiger partial charge in [0.2, 0.25) is 11.8 Å². The molecule has 0 aliphatic heterocycles. The van der Waals surface area contributed by atoms with Crippen LogP contribution in [0.25, 0.3) is 0 Å². The zero-order chi connectivity index (χ0) is 23.2. The normalized spacial score (nSPS) is 11.3. The van der Waals surface area contributed by atoms with Crippen LogP contribution in [0.3, 0.4) is 0 Å². The first-order chi connectivity index (χ1) is 15.5. The van der Waals surface area contributed by atoms with E-state index in [1.54, 1.807) is 48.2 Å². The Morgan fingerprint density at radius 3 is 2.44 bits per heavy atom. The van der Waals surface area contributed by atoms with Crippen molar-refractivity contribution in [3.05, 3.63) is 59.6 Å². The molecule has 2 aromatic carbocycles.